The van der Waals surface area contributed by atoms with E-state index in [1.807, 2.05) is 0 Å². The van der Waals surface area contributed by atoms with Gasteiger partial charge in [0, 0.05) is 24.7 Å². The highest BCUT2D eigenvalue weighted by Crippen LogP contribution is 2.27. The van der Waals surface area contributed by atoms with Crippen molar-refractivity contribution in [3.63, 3.8) is 0 Å². The summed E-state index contributed by atoms with van der Waals surface area (Å²) in [7, 11) is 1.75. The molecule has 2 aliphatic rings. The molecule has 39 heavy (non-hydrogen) atoms. The topological polar surface area (TPSA) is 91.0 Å². The quantitative estimate of drug-likeness (QED) is 0.445. The van der Waals surface area contributed by atoms with E-state index in [4.69, 9.17) is 4.74 Å². The minimum atomic E-state index is -2.82. The van der Waals surface area contributed by atoms with Crippen LogP contribution in [0.2, 0.25) is 0 Å². The molecule has 1 saturated heterocycles. The van der Waals surface area contributed by atoms with E-state index < -0.39 is 34.9 Å². The summed E-state index contributed by atoms with van der Waals surface area (Å²) < 4.78 is 45.2. The second kappa shape index (κ2) is 12.5. The molecule has 1 atom stereocenters. The largest absolute Gasteiger partial charge is 0.442 e. The Balaban J connectivity index is 1.44. The van der Waals surface area contributed by atoms with Gasteiger partial charge < -0.3 is 20.3 Å². The molecule has 2 amide bonds. The average Bonchev–Trinajstić information content (AvgIpc) is 3.20. The zero-order valence-electron chi connectivity index (χ0n) is 21.3. The van der Waals surface area contributed by atoms with Gasteiger partial charge in [-0.05, 0) is 43.2 Å². The van der Waals surface area contributed by atoms with Crippen molar-refractivity contribution in [1.29, 1.82) is 0 Å². The van der Waals surface area contributed by atoms with Crippen molar-refractivity contribution in [3.8, 4) is 0 Å². The van der Waals surface area contributed by atoms with E-state index in [1.54, 1.807) is 24.1 Å². The predicted molar refractivity (Wildman–Crippen MR) is 146 cm³/mol. The van der Waals surface area contributed by atoms with Crippen LogP contribution in [0.3, 0.4) is 0 Å². The molecule has 2 aromatic carbocycles. The molecule has 208 valence electrons. The Bertz CT molecular complexity index is 1310. The van der Waals surface area contributed by atoms with Gasteiger partial charge in [-0.3, -0.25) is 14.5 Å². The van der Waals surface area contributed by atoms with Crippen molar-refractivity contribution in [2.75, 3.05) is 30.4 Å². The van der Waals surface area contributed by atoms with Crippen molar-refractivity contribution >= 4 is 46.3 Å². The minimum absolute atomic E-state index is 0.00916. The molecule has 0 unspecified atom stereocenters. The van der Waals surface area contributed by atoms with Gasteiger partial charge in [0.1, 0.15) is 16.9 Å². The van der Waals surface area contributed by atoms with Crippen LogP contribution in [0.5, 0.6) is 0 Å². The third kappa shape index (κ3) is 6.86. The van der Waals surface area contributed by atoms with Crippen LogP contribution in [0.15, 0.2) is 47.3 Å². The van der Waals surface area contributed by atoms with Crippen LogP contribution in [-0.2, 0) is 4.74 Å². The molecule has 4 rings (SSSR count). The molecule has 1 heterocycles. The summed E-state index contributed by atoms with van der Waals surface area (Å²) in [5.74, 6) is -0.973. The van der Waals surface area contributed by atoms with Crippen molar-refractivity contribution in [2.24, 2.45) is 0 Å². The second-order valence-electron chi connectivity index (χ2n) is 9.56. The number of halogens is 3. The number of hydrogen-bond donors (Lipinski definition) is 2. The highest BCUT2D eigenvalue weighted by molar-refractivity contribution is 7.80. The first-order chi connectivity index (χ1) is 18.6. The summed E-state index contributed by atoms with van der Waals surface area (Å²) in [4.78, 5) is 40.3. The number of alkyl halides is 2. The number of ether oxygens (including phenoxy) is 1. The second-order valence-corrected chi connectivity index (χ2v) is 10.0. The van der Waals surface area contributed by atoms with E-state index in [0.29, 0.717) is 0 Å². The van der Waals surface area contributed by atoms with E-state index in [2.05, 4.69) is 22.9 Å². The van der Waals surface area contributed by atoms with E-state index in [0.717, 1.165) is 38.2 Å². The Morgan fingerprint density at radius 2 is 1.87 bits per heavy atom. The Kier molecular flexibility index (Phi) is 9.05. The fourth-order valence-corrected chi connectivity index (χ4v) is 4.80. The molecule has 2 N–H and O–H groups in total. The van der Waals surface area contributed by atoms with Gasteiger partial charge >= 0.3 is 6.09 Å². The van der Waals surface area contributed by atoms with Crippen molar-refractivity contribution in [3.05, 3.63) is 64.1 Å². The molecule has 1 aliphatic heterocycles. The zero-order valence-corrected chi connectivity index (χ0v) is 22.1. The SMILES string of the molecule is CN(C(=O)c1cccc(Nc2ccc(N3C[C@H](CNC(=S)C(F)F)OC3=O)cc2F)c(=O)c1)C1CCCCC1. The molecule has 0 radical (unpaired) electrons. The number of carbonyl (C=O) groups is 2. The maximum absolute atomic E-state index is 15.0. The highest BCUT2D eigenvalue weighted by Gasteiger charge is 2.33. The number of benzene rings is 1. The lowest BCUT2D eigenvalue weighted by Crippen LogP contribution is -2.38. The van der Waals surface area contributed by atoms with E-state index in [9.17, 15) is 27.6 Å². The van der Waals surface area contributed by atoms with E-state index >= 15 is 0 Å². The summed E-state index contributed by atoms with van der Waals surface area (Å²) >= 11 is 4.51. The smallest absolute Gasteiger partial charge is 0.414 e. The minimum Gasteiger partial charge on any atom is -0.442 e. The van der Waals surface area contributed by atoms with Crippen molar-refractivity contribution in [2.45, 2.75) is 50.7 Å². The number of hydrogen-bond acceptors (Lipinski definition) is 6. The van der Waals surface area contributed by atoms with Gasteiger partial charge in [-0.25, -0.2) is 18.0 Å². The van der Waals surface area contributed by atoms with Crippen LogP contribution >= 0.6 is 12.2 Å². The Labute approximate surface area is 229 Å². The molecule has 1 aliphatic carbocycles. The molecule has 12 heteroatoms. The molecule has 8 nitrogen and oxygen atoms in total. The number of thiocarbonyl (C=S) groups is 1. The maximum Gasteiger partial charge on any atom is 0.414 e. The number of anilines is 3. The van der Waals surface area contributed by atoms with Gasteiger partial charge in [0.25, 0.3) is 12.3 Å². The fourth-order valence-electron chi connectivity index (χ4n) is 4.72. The third-order valence-electron chi connectivity index (χ3n) is 6.89. The molecular formula is C27H29F3N4O4S. The molecule has 0 spiro atoms. The first-order valence-corrected chi connectivity index (χ1v) is 13.1. The normalized spacial score (nSPS) is 17.6. The summed E-state index contributed by atoms with van der Waals surface area (Å²) in [6.07, 6.45) is 0.854. The molecule has 0 aromatic heterocycles. The van der Waals surface area contributed by atoms with Gasteiger partial charge in [0.15, 0.2) is 0 Å². The molecule has 0 bridgehead atoms. The summed E-state index contributed by atoms with van der Waals surface area (Å²) in [6, 6.07) is 9.91. The van der Waals surface area contributed by atoms with Crippen LogP contribution in [0.1, 0.15) is 42.5 Å². The lowest BCUT2D eigenvalue weighted by molar-refractivity contribution is 0.0696. The summed E-state index contributed by atoms with van der Waals surface area (Å²) in [5, 5.41) is 5.10. The Morgan fingerprint density at radius 1 is 1.13 bits per heavy atom. The van der Waals surface area contributed by atoms with Crippen LogP contribution < -0.4 is 21.0 Å². The monoisotopic (exact) mass is 562 g/mol. The summed E-state index contributed by atoms with van der Waals surface area (Å²) in [6.45, 7) is -0.0962. The third-order valence-corrected chi connectivity index (χ3v) is 7.21. The number of rotatable bonds is 8. The number of cyclic esters (lactones) is 1. The maximum atomic E-state index is 15.0. The number of carbonyl (C=O) groups excluding carboxylic acids is 2. The van der Waals surface area contributed by atoms with Crippen molar-refractivity contribution < 1.29 is 27.5 Å². The van der Waals surface area contributed by atoms with Crippen LogP contribution in [0, 0.1) is 5.82 Å². The lowest BCUT2D eigenvalue weighted by Gasteiger charge is -2.31. The van der Waals surface area contributed by atoms with Gasteiger partial charge in [0.05, 0.1) is 30.2 Å². The van der Waals surface area contributed by atoms with Gasteiger partial charge in [0.2, 0.25) is 5.43 Å². The van der Waals surface area contributed by atoms with Crippen LogP contribution in [0.25, 0.3) is 0 Å². The fraction of sp³-hybridized carbons (Fsp3) is 0.407. The average molecular weight is 563 g/mol. The van der Waals surface area contributed by atoms with E-state index in [1.165, 1.54) is 29.2 Å². The first-order valence-electron chi connectivity index (χ1n) is 12.7. The summed E-state index contributed by atoms with van der Waals surface area (Å²) in [5.41, 5.74) is 0.0264. The van der Waals surface area contributed by atoms with Gasteiger partial charge in [-0.1, -0.05) is 37.5 Å². The van der Waals surface area contributed by atoms with E-state index in [-0.39, 0.29) is 47.7 Å². The molecule has 2 aromatic rings. The molecular weight excluding hydrogens is 533 g/mol. The van der Waals surface area contributed by atoms with Crippen LogP contribution in [-0.4, -0.2) is 60.6 Å². The highest BCUT2D eigenvalue weighted by atomic mass is 32.1. The van der Waals surface area contributed by atoms with Gasteiger partial charge in [-0.15, -0.1) is 0 Å². The first kappa shape index (κ1) is 28.3. The number of amides is 2. The number of nitrogens with zero attached hydrogens (tertiary/aromatic N) is 2. The number of nitrogens with one attached hydrogen (secondary N) is 2. The Hall–Kier alpha value is -3.67. The predicted octanol–water partition coefficient (Wildman–Crippen LogP) is 4.84. The Morgan fingerprint density at radius 3 is 2.56 bits per heavy atom. The van der Waals surface area contributed by atoms with Crippen LogP contribution in [0.4, 0.5) is 35.0 Å². The zero-order chi connectivity index (χ0) is 28.1. The molecule has 2 fully saturated rings. The van der Waals surface area contributed by atoms with Crippen molar-refractivity contribution in [1.82, 2.24) is 10.2 Å². The van der Waals surface area contributed by atoms with Gasteiger partial charge in [-0.2, -0.15) is 0 Å². The standard InChI is InChI=1S/C27H29F3N4O4S/c1-33(17-7-3-2-4-8-17)26(36)16-6-5-9-22(23(35)12-16)32-21-11-10-18(13-20(21)28)34-15-19(38-27(34)37)14-31-25(39)24(29)30/h5-6,9-13,17,19,24H,2-4,7-8,14-15H2,1H3,(H,31,39)(H,32,35)/t19-/m0/s1. The lowest BCUT2D eigenvalue weighted by atomic mass is 9.94. The molecule has 1 saturated carbocycles.